The van der Waals surface area contributed by atoms with E-state index in [9.17, 15) is 4.79 Å². The standard InChI is InChI=1S/C27H54N2O/c1-18(2)23(30)22(25(10,11)17-27(14,15)29-20(5)6)21(7)24(8,9)16-26(12,13)28-19(3)4/h18-20,22,28-29H,7,16-17H2,1-6,8-15H3. The van der Waals surface area contributed by atoms with Crippen LogP contribution in [0.4, 0.5) is 0 Å². The minimum Gasteiger partial charge on any atom is -0.310 e. The van der Waals surface area contributed by atoms with Crippen LogP contribution in [0.15, 0.2) is 12.2 Å². The largest absolute Gasteiger partial charge is 0.310 e. The Morgan fingerprint density at radius 2 is 1.10 bits per heavy atom. The number of rotatable bonds is 13. The maximum absolute atomic E-state index is 13.5. The van der Waals surface area contributed by atoms with Crippen LogP contribution in [0.3, 0.4) is 0 Å². The molecule has 0 saturated carbocycles. The van der Waals surface area contributed by atoms with Gasteiger partial charge in [0.25, 0.3) is 0 Å². The van der Waals surface area contributed by atoms with E-state index in [0.29, 0.717) is 17.9 Å². The van der Waals surface area contributed by atoms with Crippen LogP contribution >= 0.6 is 0 Å². The summed E-state index contributed by atoms with van der Waals surface area (Å²) < 4.78 is 0. The molecule has 0 saturated heterocycles. The first-order valence-corrected chi connectivity index (χ1v) is 11.9. The second kappa shape index (κ2) is 10.3. The highest BCUT2D eigenvalue weighted by molar-refractivity contribution is 5.86. The van der Waals surface area contributed by atoms with Crippen molar-refractivity contribution in [3.63, 3.8) is 0 Å². The molecule has 0 bridgehead atoms. The molecule has 0 aromatic carbocycles. The second-order valence-corrected chi connectivity index (χ2v) is 13.1. The third-order valence-electron chi connectivity index (χ3n) is 5.99. The van der Waals surface area contributed by atoms with Gasteiger partial charge in [0.05, 0.1) is 0 Å². The van der Waals surface area contributed by atoms with Gasteiger partial charge in [-0.15, -0.1) is 0 Å². The molecular formula is C27H54N2O. The van der Waals surface area contributed by atoms with Crippen LogP contribution in [0, 0.1) is 22.7 Å². The Hall–Kier alpha value is -0.670. The van der Waals surface area contributed by atoms with Crippen molar-refractivity contribution in [2.24, 2.45) is 22.7 Å². The zero-order valence-corrected chi connectivity index (χ0v) is 22.8. The van der Waals surface area contributed by atoms with Crippen LogP contribution in [-0.2, 0) is 4.79 Å². The molecule has 0 aromatic heterocycles. The molecule has 2 N–H and O–H groups in total. The zero-order valence-electron chi connectivity index (χ0n) is 22.8. The van der Waals surface area contributed by atoms with Gasteiger partial charge in [-0.25, -0.2) is 0 Å². The monoisotopic (exact) mass is 422 g/mol. The highest BCUT2D eigenvalue weighted by Gasteiger charge is 2.45. The number of Topliss-reactive ketones (excluding diaryl/α,β-unsaturated/α-hetero) is 1. The molecule has 0 radical (unpaired) electrons. The van der Waals surface area contributed by atoms with Crippen molar-refractivity contribution in [3.05, 3.63) is 12.2 Å². The van der Waals surface area contributed by atoms with E-state index in [1.54, 1.807) is 0 Å². The molecular weight excluding hydrogens is 368 g/mol. The molecule has 0 heterocycles. The molecule has 0 rings (SSSR count). The molecule has 0 amide bonds. The molecule has 30 heavy (non-hydrogen) atoms. The predicted octanol–water partition coefficient (Wildman–Crippen LogP) is 6.77. The van der Waals surface area contributed by atoms with E-state index in [4.69, 9.17) is 0 Å². The van der Waals surface area contributed by atoms with Crippen molar-refractivity contribution in [3.8, 4) is 0 Å². The Morgan fingerprint density at radius 1 is 0.733 bits per heavy atom. The molecule has 0 spiro atoms. The lowest BCUT2D eigenvalue weighted by atomic mass is 9.59. The summed E-state index contributed by atoms with van der Waals surface area (Å²) in [5, 5.41) is 7.37. The zero-order chi connectivity index (χ0) is 24.3. The molecule has 178 valence electrons. The average Bonchev–Trinajstić information content (AvgIpc) is 2.40. The maximum Gasteiger partial charge on any atom is 0.143 e. The Kier molecular flexibility index (Phi) is 10.1. The van der Waals surface area contributed by atoms with Gasteiger partial charge in [-0.05, 0) is 51.4 Å². The fourth-order valence-electron chi connectivity index (χ4n) is 5.88. The van der Waals surface area contributed by atoms with Crippen LogP contribution < -0.4 is 10.6 Å². The predicted molar refractivity (Wildman–Crippen MR) is 134 cm³/mol. The normalized spacial score (nSPS) is 15.2. The highest BCUT2D eigenvalue weighted by atomic mass is 16.1. The summed E-state index contributed by atoms with van der Waals surface area (Å²) in [4.78, 5) is 13.5. The quantitative estimate of drug-likeness (QED) is 0.322. The molecule has 0 aromatic rings. The van der Waals surface area contributed by atoms with Gasteiger partial charge in [0.2, 0.25) is 0 Å². The van der Waals surface area contributed by atoms with Crippen molar-refractivity contribution in [1.29, 1.82) is 0 Å². The number of hydrogen-bond acceptors (Lipinski definition) is 3. The molecule has 0 aliphatic carbocycles. The molecule has 3 heteroatoms. The van der Waals surface area contributed by atoms with E-state index in [-0.39, 0.29) is 33.7 Å². The molecule has 3 nitrogen and oxygen atoms in total. The summed E-state index contributed by atoms with van der Waals surface area (Å²) in [6.45, 7) is 35.4. The van der Waals surface area contributed by atoms with E-state index in [0.717, 1.165) is 18.4 Å². The van der Waals surface area contributed by atoms with Gasteiger partial charge < -0.3 is 10.6 Å². The summed E-state index contributed by atoms with van der Waals surface area (Å²) in [5.74, 6) is 0.133. The van der Waals surface area contributed by atoms with E-state index in [2.05, 4.69) is 100 Å². The first-order chi connectivity index (χ1) is 13.1. The summed E-state index contributed by atoms with van der Waals surface area (Å²) in [7, 11) is 0. The summed E-state index contributed by atoms with van der Waals surface area (Å²) in [5.41, 5.74) is 0.625. The van der Waals surface area contributed by atoms with Crippen LogP contribution in [0.5, 0.6) is 0 Å². The average molecular weight is 423 g/mol. The number of hydrogen-bond donors (Lipinski definition) is 2. The number of allylic oxidation sites excluding steroid dienone is 1. The van der Waals surface area contributed by atoms with E-state index in [1.807, 2.05) is 13.8 Å². The van der Waals surface area contributed by atoms with Crippen LogP contribution in [0.25, 0.3) is 0 Å². The lowest BCUT2D eigenvalue weighted by Crippen LogP contribution is -2.51. The molecule has 0 aliphatic rings. The Morgan fingerprint density at radius 3 is 1.43 bits per heavy atom. The second-order valence-electron chi connectivity index (χ2n) is 13.1. The van der Waals surface area contributed by atoms with Gasteiger partial charge in [0.1, 0.15) is 5.78 Å². The lowest BCUT2D eigenvalue weighted by Gasteiger charge is -2.47. The van der Waals surface area contributed by atoms with Crippen LogP contribution in [0.1, 0.15) is 110 Å². The Balaban J connectivity index is 6.02. The molecule has 0 aliphatic heterocycles. The van der Waals surface area contributed by atoms with Crippen molar-refractivity contribution in [1.82, 2.24) is 10.6 Å². The fourth-order valence-corrected chi connectivity index (χ4v) is 5.88. The van der Waals surface area contributed by atoms with Crippen molar-refractivity contribution in [2.75, 3.05) is 0 Å². The summed E-state index contributed by atoms with van der Waals surface area (Å²) in [6, 6.07) is 0.814. The smallest absolute Gasteiger partial charge is 0.143 e. The SMILES string of the molecule is C=C(C(C(=O)C(C)C)C(C)(C)CC(C)(C)NC(C)C)C(C)(C)CC(C)(C)NC(C)C. The van der Waals surface area contributed by atoms with E-state index < -0.39 is 0 Å². The third-order valence-corrected chi connectivity index (χ3v) is 5.99. The van der Waals surface area contributed by atoms with Crippen molar-refractivity contribution >= 4 is 5.78 Å². The minimum absolute atomic E-state index is 0.00945. The van der Waals surface area contributed by atoms with E-state index >= 15 is 0 Å². The van der Waals surface area contributed by atoms with Gasteiger partial charge in [0.15, 0.2) is 0 Å². The number of ketones is 1. The van der Waals surface area contributed by atoms with Gasteiger partial charge in [0, 0.05) is 35.0 Å². The lowest BCUT2D eigenvalue weighted by molar-refractivity contribution is -0.129. The number of carbonyl (C=O) groups excluding carboxylic acids is 1. The van der Waals surface area contributed by atoms with Crippen LogP contribution in [0.2, 0.25) is 0 Å². The maximum atomic E-state index is 13.5. The number of carbonyl (C=O) groups is 1. The van der Waals surface area contributed by atoms with Crippen molar-refractivity contribution in [2.45, 2.75) is 133 Å². The van der Waals surface area contributed by atoms with E-state index in [1.165, 1.54) is 0 Å². The highest BCUT2D eigenvalue weighted by Crippen LogP contribution is 2.48. The minimum atomic E-state index is -0.198. The molecule has 0 fully saturated rings. The first-order valence-electron chi connectivity index (χ1n) is 11.9. The van der Waals surface area contributed by atoms with Crippen molar-refractivity contribution < 1.29 is 4.79 Å². The molecule has 1 unspecified atom stereocenters. The van der Waals surface area contributed by atoms with Gasteiger partial charge in [-0.3, -0.25) is 4.79 Å². The number of nitrogens with one attached hydrogen (secondary N) is 2. The van der Waals surface area contributed by atoms with Gasteiger partial charge >= 0.3 is 0 Å². The Labute approximate surface area is 189 Å². The molecule has 1 atom stereocenters. The topological polar surface area (TPSA) is 41.1 Å². The Bertz CT molecular complexity index is 580. The fraction of sp³-hybridized carbons (Fsp3) is 0.889. The summed E-state index contributed by atoms with van der Waals surface area (Å²) in [6.07, 6.45) is 1.84. The van der Waals surface area contributed by atoms with Crippen LogP contribution in [-0.4, -0.2) is 28.9 Å². The van der Waals surface area contributed by atoms with Gasteiger partial charge in [-0.1, -0.05) is 81.4 Å². The third kappa shape index (κ3) is 9.22. The first kappa shape index (κ1) is 29.3. The summed E-state index contributed by atoms with van der Waals surface area (Å²) >= 11 is 0. The van der Waals surface area contributed by atoms with Gasteiger partial charge in [-0.2, -0.15) is 0 Å².